The molecule has 0 radical (unpaired) electrons. The maximum atomic E-state index is 13.1. The summed E-state index contributed by atoms with van der Waals surface area (Å²) in [6.07, 6.45) is 1.73. The van der Waals surface area contributed by atoms with Gasteiger partial charge in [-0.2, -0.15) is 11.3 Å². The van der Waals surface area contributed by atoms with Gasteiger partial charge in [0.1, 0.15) is 11.9 Å². The molecule has 4 rings (SSSR count). The van der Waals surface area contributed by atoms with Crippen LogP contribution in [0.2, 0.25) is 0 Å². The molecule has 0 bridgehead atoms. The number of amides is 3. The summed E-state index contributed by atoms with van der Waals surface area (Å²) in [4.78, 5) is 56.8. The van der Waals surface area contributed by atoms with E-state index in [0.29, 0.717) is 12.1 Å². The van der Waals surface area contributed by atoms with Gasteiger partial charge < -0.3 is 9.64 Å². The van der Waals surface area contributed by atoms with Crippen molar-refractivity contribution >= 4 is 40.8 Å². The van der Waals surface area contributed by atoms with Crippen LogP contribution in [0.3, 0.4) is 0 Å². The molecule has 8 nitrogen and oxygen atoms in total. The van der Waals surface area contributed by atoms with Crippen LogP contribution in [0, 0.1) is 0 Å². The maximum absolute atomic E-state index is 13.1. The standard InChI is InChI=1S/C19H17N3O5S/c1-2-27-19(26)11-5-6-20-15(7-11)22-16(23)4-3-14(18(22)25)21-8-12-9-28-10-13(12)17(21)24/h5-7,9-10,14H,2-4,8H2,1H3. The topological polar surface area (TPSA) is 96.9 Å². The van der Waals surface area contributed by atoms with E-state index < -0.39 is 23.8 Å². The number of nitrogens with zero attached hydrogens (tertiary/aromatic N) is 3. The van der Waals surface area contributed by atoms with E-state index >= 15 is 0 Å². The van der Waals surface area contributed by atoms with Crippen molar-refractivity contribution in [3.05, 3.63) is 45.8 Å². The molecule has 2 aliphatic rings. The second-order valence-corrected chi connectivity index (χ2v) is 7.23. The molecule has 0 aromatic carbocycles. The average Bonchev–Trinajstić information content (AvgIpc) is 3.26. The largest absolute Gasteiger partial charge is 0.462 e. The van der Waals surface area contributed by atoms with Gasteiger partial charge in [0.15, 0.2) is 0 Å². The van der Waals surface area contributed by atoms with Crippen LogP contribution < -0.4 is 4.90 Å². The predicted molar refractivity (Wildman–Crippen MR) is 99.9 cm³/mol. The third-order valence-corrected chi connectivity index (χ3v) is 5.61. The first-order chi connectivity index (χ1) is 13.5. The summed E-state index contributed by atoms with van der Waals surface area (Å²) in [6.45, 7) is 2.25. The molecule has 0 N–H and O–H groups in total. The molecule has 2 aromatic heterocycles. The lowest BCUT2D eigenvalue weighted by Crippen LogP contribution is -2.55. The van der Waals surface area contributed by atoms with Gasteiger partial charge in [0.2, 0.25) is 5.91 Å². The quantitative estimate of drug-likeness (QED) is 0.576. The third kappa shape index (κ3) is 2.97. The van der Waals surface area contributed by atoms with Gasteiger partial charge in [-0.05, 0) is 36.4 Å². The first-order valence-corrected chi connectivity index (χ1v) is 9.81. The summed E-state index contributed by atoms with van der Waals surface area (Å²) in [5.74, 6) is -1.61. The van der Waals surface area contributed by atoms with E-state index in [1.807, 2.05) is 5.38 Å². The van der Waals surface area contributed by atoms with Crippen molar-refractivity contribution in [2.45, 2.75) is 32.4 Å². The highest BCUT2D eigenvalue weighted by molar-refractivity contribution is 7.08. The van der Waals surface area contributed by atoms with Gasteiger partial charge in [-0.3, -0.25) is 14.4 Å². The molecule has 2 aromatic rings. The van der Waals surface area contributed by atoms with Crippen LogP contribution in [0.5, 0.6) is 0 Å². The van der Waals surface area contributed by atoms with Crippen LogP contribution in [0.1, 0.15) is 46.0 Å². The van der Waals surface area contributed by atoms with Crippen molar-refractivity contribution in [3.63, 3.8) is 0 Å². The number of esters is 1. The van der Waals surface area contributed by atoms with E-state index in [-0.39, 0.29) is 36.7 Å². The van der Waals surface area contributed by atoms with Gasteiger partial charge in [-0.25, -0.2) is 14.7 Å². The van der Waals surface area contributed by atoms with Crippen molar-refractivity contribution in [2.24, 2.45) is 0 Å². The summed E-state index contributed by atoms with van der Waals surface area (Å²) in [7, 11) is 0. The lowest BCUT2D eigenvalue weighted by molar-refractivity contribution is -0.132. The number of hydrogen-bond acceptors (Lipinski definition) is 7. The fraction of sp³-hybridized carbons (Fsp3) is 0.316. The van der Waals surface area contributed by atoms with E-state index in [1.54, 1.807) is 12.3 Å². The Morgan fingerprint density at radius 3 is 2.89 bits per heavy atom. The molecule has 2 aliphatic heterocycles. The number of ether oxygens (including phenoxy) is 1. The summed E-state index contributed by atoms with van der Waals surface area (Å²) < 4.78 is 4.96. The zero-order chi connectivity index (χ0) is 19.8. The molecule has 0 spiro atoms. The Labute approximate surface area is 164 Å². The second kappa shape index (κ2) is 7.16. The highest BCUT2D eigenvalue weighted by Crippen LogP contribution is 2.32. The Bertz CT molecular complexity index is 985. The number of carbonyl (C=O) groups excluding carboxylic acids is 4. The zero-order valence-electron chi connectivity index (χ0n) is 15.1. The Hall–Kier alpha value is -3.07. The number of thiophene rings is 1. The Morgan fingerprint density at radius 1 is 1.32 bits per heavy atom. The smallest absolute Gasteiger partial charge is 0.338 e. The van der Waals surface area contributed by atoms with Crippen molar-refractivity contribution < 1.29 is 23.9 Å². The molecule has 9 heteroatoms. The first kappa shape index (κ1) is 18.3. The monoisotopic (exact) mass is 399 g/mol. The molecule has 1 unspecified atom stereocenters. The number of imide groups is 1. The van der Waals surface area contributed by atoms with E-state index in [4.69, 9.17) is 4.74 Å². The number of hydrogen-bond donors (Lipinski definition) is 0. The van der Waals surface area contributed by atoms with Crippen LogP contribution in [0.25, 0.3) is 0 Å². The van der Waals surface area contributed by atoms with Crippen LogP contribution >= 0.6 is 11.3 Å². The molecular weight excluding hydrogens is 382 g/mol. The average molecular weight is 399 g/mol. The number of aromatic nitrogens is 1. The number of pyridine rings is 1. The Kier molecular flexibility index (Phi) is 4.68. The van der Waals surface area contributed by atoms with Crippen LogP contribution in [0.15, 0.2) is 29.1 Å². The van der Waals surface area contributed by atoms with Gasteiger partial charge in [0.05, 0.1) is 17.7 Å². The normalized spacial score (nSPS) is 19.2. The maximum Gasteiger partial charge on any atom is 0.338 e. The molecule has 0 aliphatic carbocycles. The third-order valence-electron chi connectivity index (χ3n) is 4.82. The van der Waals surface area contributed by atoms with Crippen LogP contribution in [-0.4, -0.2) is 46.2 Å². The second-order valence-electron chi connectivity index (χ2n) is 6.49. The molecule has 144 valence electrons. The number of carbonyl (C=O) groups is 4. The van der Waals surface area contributed by atoms with E-state index in [2.05, 4.69) is 4.98 Å². The molecule has 1 atom stereocenters. The number of anilines is 1. The molecular formula is C19H17N3O5S. The molecule has 1 saturated heterocycles. The predicted octanol–water partition coefficient (Wildman–Crippen LogP) is 2.00. The van der Waals surface area contributed by atoms with Gasteiger partial charge >= 0.3 is 5.97 Å². The minimum atomic E-state index is -0.740. The summed E-state index contributed by atoms with van der Waals surface area (Å²) >= 11 is 1.45. The number of rotatable bonds is 4. The first-order valence-electron chi connectivity index (χ1n) is 8.87. The van der Waals surface area contributed by atoms with Crippen molar-refractivity contribution in [2.75, 3.05) is 11.5 Å². The zero-order valence-corrected chi connectivity index (χ0v) is 15.9. The lowest BCUT2D eigenvalue weighted by Gasteiger charge is -2.35. The van der Waals surface area contributed by atoms with E-state index in [9.17, 15) is 19.2 Å². The Balaban J connectivity index is 1.61. The minimum Gasteiger partial charge on any atom is -0.462 e. The van der Waals surface area contributed by atoms with Gasteiger partial charge in [-0.15, -0.1) is 0 Å². The number of fused-ring (bicyclic) bond motifs is 1. The summed E-state index contributed by atoms with van der Waals surface area (Å²) in [5, 5.41) is 3.67. The molecule has 3 amide bonds. The molecule has 4 heterocycles. The molecule has 28 heavy (non-hydrogen) atoms. The van der Waals surface area contributed by atoms with Crippen LogP contribution in [-0.2, 0) is 20.9 Å². The SMILES string of the molecule is CCOC(=O)c1ccnc(N2C(=O)CCC(N3Cc4cscc4C3=O)C2=O)c1. The Morgan fingerprint density at radius 2 is 2.14 bits per heavy atom. The van der Waals surface area contributed by atoms with Crippen LogP contribution in [0.4, 0.5) is 5.82 Å². The molecule has 1 fully saturated rings. The fourth-order valence-electron chi connectivity index (χ4n) is 3.47. The van der Waals surface area contributed by atoms with Gasteiger partial charge in [0, 0.05) is 24.5 Å². The minimum absolute atomic E-state index is 0.0612. The van der Waals surface area contributed by atoms with E-state index in [1.165, 1.54) is 34.6 Å². The van der Waals surface area contributed by atoms with Gasteiger partial charge in [0.25, 0.3) is 11.8 Å². The fourth-order valence-corrected chi connectivity index (χ4v) is 4.30. The van der Waals surface area contributed by atoms with Crippen molar-refractivity contribution in [1.82, 2.24) is 9.88 Å². The van der Waals surface area contributed by atoms with Crippen molar-refractivity contribution in [3.8, 4) is 0 Å². The van der Waals surface area contributed by atoms with Crippen molar-refractivity contribution in [1.29, 1.82) is 0 Å². The van der Waals surface area contributed by atoms with E-state index in [0.717, 1.165) is 10.5 Å². The summed E-state index contributed by atoms with van der Waals surface area (Å²) in [5.41, 5.74) is 1.71. The highest BCUT2D eigenvalue weighted by atomic mass is 32.1. The highest BCUT2D eigenvalue weighted by Gasteiger charge is 2.43. The number of piperidine rings is 1. The lowest BCUT2D eigenvalue weighted by atomic mass is 10.0. The summed E-state index contributed by atoms with van der Waals surface area (Å²) in [6, 6.07) is 2.08. The molecule has 0 saturated carbocycles. The van der Waals surface area contributed by atoms with Gasteiger partial charge in [-0.1, -0.05) is 0 Å².